The molecule has 0 fully saturated rings. The third kappa shape index (κ3) is 4.59. The van der Waals surface area contributed by atoms with Gasteiger partial charge in [-0.25, -0.2) is 4.79 Å². The molecule has 31 heavy (non-hydrogen) atoms. The van der Waals surface area contributed by atoms with Crippen molar-refractivity contribution in [3.63, 3.8) is 0 Å². The molecule has 0 aliphatic heterocycles. The summed E-state index contributed by atoms with van der Waals surface area (Å²) in [5, 5.41) is 12.4. The summed E-state index contributed by atoms with van der Waals surface area (Å²) in [4.78, 5) is 26.8. The molecule has 0 unspecified atom stereocenters. The zero-order valence-corrected chi connectivity index (χ0v) is 18.0. The number of nitrogens with one attached hydrogen (secondary N) is 1. The van der Waals surface area contributed by atoms with Crippen LogP contribution < -0.4 is 10.2 Å². The number of carbonyl (C=O) groups excluding carboxylic acids is 2. The molecule has 1 aromatic heterocycles. The number of rotatable bonds is 6. The van der Waals surface area contributed by atoms with Crippen LogP contribution in [0.1, 0.15) is 27.2 Å². The molecule has 0 aliphatic carbocycles. The van der Waals surface area contributed by atoms with Gasteiger partial charge < -0.3 is 15.0 Å². The number of aromatic nitrogens is 1. The van der Waals surface area contributed by atoms with Gasteiger partial charge in [0.25, 0.3) is 5.91 Å². The Kier molecular flexibility index (Phi) is 6.41. The summed E-state index contributed by atoms with van der Waals surface area (Å²) in [7, 11) is 3.74. The number of anilines is 2. The highest BCUT2D eigenvalue weighted by Crippen LogP contribution is 2.29. The quantitative estimate of drug-likeness (QED) is 0.617. The minimum atomic E-state index is -0.592. The van der Waals surface area contributed by atoms with Crippen LogP contribution in [0.3, 0.4) is 0 Å². The topological polar surface area (TPSA) is 87.4 Å². The normalized spacial score (nSPS) is 10.3. The zero-order chi connectivity index (χ0) is 22.5. The molecule has 0 aliphatic rings. The first-order valence-electron chi connectivity index (χ1n) is 9.75. The number of hydrogen-bond donors (Lipinski definition) is 1. The number of para-hydroxylation sites is 1. The predicted octanol–water partition coefficient (Wildman–Crippen LogP) is 3.83. The molecule has 3 aromatic rings. The van der Waals surface area contributed by atoms with E-state index in [2.05, 4.69) is 11.4 Å². The molecule has 0 saturated carbocycles. The number of amides is 1. The summed E-state index contributed by atoms with van der Waals surface area (Å²) >= 11 is 0. The van der Waals surface area contributed by atoms with E-state index in [0.717, 1.165) is 22.6 Å². The Morgan fingerprint density at radius 3 is 2.45 bits per heavy atom. The Bertz CT molecular complexity index is 1160. The molecule has 0 spiro atoms. The smallest absolute Gasteiger partial charge is 0.338 e. The summed E-state index contributed by atoms with van der Waals surface area (Å²) in [6, 6.07) is 18.5. The van der Waals surface area contributed by atoms with E-state index in [4.69, 9.17) is 4.74 Å². The highest BCUT2D eigenvalue weighted by Gasteiger charge is 2.21. The zero-order valence-electron chi connectivity index (χ0n) is 18.0. The minimum absolute atomic E-state index is 0.357. The molecule has 7 nitrogen and oxygen atoms in total. The van der Waals surface area contributed by atoms with Crippen molar-refractivity contribution in [1.82, 2.24) is 4.57 Å². The van der Waals surface area contributed by atoms with Crippen LogP contribution in [-0.4, -0.2) is 37.1 Å². The van der Waals surface area contributed by atoms with Gasteiger partial charge in [0, 0.05) is 31.2 Å². The van der Waals surface area contributed by atoms with Crippen molar-refractivity contribution >= 4 is 23.4 Å². The molecule has 3 rings (SSSR count). The van der Waals surface area contributed by atoms with E-state index in [-0.39, 0.29) is 0 Å². The number of hydrogen-bond acceptors (Lipinski definition) is 5. The SMILES string of the molecule is Cc1c(C#N)c(NC(=O)COC(=O)c2cccc(N(C)C)c2)n(-c2ccccc2)c1C. The fraction of sp³-hybridized carbons (Fsp3) is 0.208. The van der Waals surface area contributed by atoms with Crippen molar-refractivity contribution in [1.29, 1.82) is 5.26 Å². The Morgan fingerprint density at radius 1 is 1.10 bits per heavy atom. The van der Waals surface area contributed by atoms with Crippen LogP contribution in [0, 0.1) is 25.2 Å². The number of esters is 1. The number of ether oxygens (including phenoxy) is 1. The number of benzene rings is 2. The summed E-state index contributed by atoms with van der Waals surface area (Å²) in [5.74, 6) is -0.757. The van der Waals surface area contributed by atoms with E-state index < -0.39 is 18.5 Å². The maximum atomic E-state index is 12.6. The molecule has 0 radical (unpaired) electrons. The second-order valence-corrected chi connectivity index (χ2v) is 7.29. The molecule has 158 valence electrons. The number of carbonyl (C=O) groups is 2. The van der Waals surface area contributed by atoms with Gasteiger partial charge in [-0.2, -0.15) is 5.26 Å². The summed E-state index contributed by atoms with van der Waals surface area (Å²) in [6.45, 7) is 3.26. The average Bonchev–Trinajstić information content (AvgIpc) is 3.01. The molecule has 0 bridgehead atoms. The third-order valence-electron chi connectivity index (χ3n) is 5.03. The van der Waals surface area contributed by atoms with Crippen LogP contribution in [0.15, 0.2) is 54.6 Å². The van der Waals surface area contributed by atoms with Gasteiger partial charge in [-0.1, -0.05) is 24.3 Å². The molecular weight excluding hydrogens is 392 g/mol. The van der Waals surface area contributed by atoms with Crippen molar-refractivity contribution in [3.05, 3.63) is 77.0 Å². The second-order valence-electron chi connectivity index (χ2n) is 7.29. The predicted molar refractivity (Wildman–Crippen MR) is 120 cm³/mol. The molecule has 1 amide bonds. The monoisotopic (exact) mass is 416 g/mol. The fourth-order valence-corrected chi connectivity index (χ4v) is 3.25. The number of nitrogens with zero attached hydrogens (tertiary/aromatic N) is 3. The summed E-state index contributed by atoms with van der Waals surface area (Å²) < 4.78 is 7.00. The van der Waals surface area contributed by atoms with Crippen LogP contribution in [-0.2, 0) is 9.53 Å². The lowest BCUT2D eigenvalue weighted by atomic mass is 10.2. The lowest BCUT2D eigenvalue weighted by molar-refractivity contribution is -0.119. The van der Waals surface area contributed by atoms with Crippen molar-refractivity contribution in [2.45, 2.75) is 13.8 Å². The van der Waals surface area contributed by atoms with Crippen LogP contribution in [0.2, 0.25) is 0 Å². The van der Waals surface area contributed by atoms with Crippen molar-refractivity contribution in [2.75, 3.05) is 30.9 Å². The van der Waals surface area contributed by atoms with Crippen LogP contribution >= 0.6 is 0 Å². The van der Waals surface area contributed by atoms with E-state index >= 15 is 0 Å². The molecule has 1 heterocycles. The highest BCUT2D eigenvalue weighted by atomic mass is 16.5. The van der Waals surface area contributed by atoms with Gasteiger partial charge in [-0.15, -0.1) is 0 Å². The van der Waals surface area contributed by atoms with E-state index in [9.17, 15) is 14.9 Å². The molecule has 7 heteroatoms. The minimum Gasteiger partial charge on any atom is -0.452 e. The van der Waals surface area contributed by atoms with Gasteiger partial charge in [0.05, 0.1) is 11.1 Å². The maximum absolute atomic E-state index is 12.6. The molecule has 0 atom stereocenters. The molecule has 0 saturated heterocycles. The van der Waals surface area contributed by atoms with E-state index in [1.165, 1.54) is 0 Å². The van der Waals surface area contributed by atoms with E-state index in [0.29, 0.717) is 16.9 Å². The Hall–Kier alpha value is -4.05. The largest absolute Gasteiger partial charge is 0.452 e. The maximum Gasteiger partial charge on any atom is 0.338 e. The van der Waals surface area contributed by atoms with Crippen molar-refractivity contribution in [3.8, 4) is 11.8 Å². The van der Waals surface area contributed by atoms with Crippen molar-refractivity contribution in [2.24, 2.45) is 0 Å². The lowest BCUT2D eigenvalue weighted by Crippen LogP contribution is -2.23. The molecular formula is C24H24N4O3. The van der Waals surface area contributed by atoms with Gasteiger partial charge in [0.1, 0.15) is 11.9 Å². The summed E-state index contributed by atoms with van der Waals surface area (Å²) in [5.41, 5.74) is 4.02. The molecule has 1 N–H and O–H groups in total. The fourth-order valence-electron chi connectivity index (χ4n) is 3.25. The first-order chi connectivity index (χ1) is 14.8. The van der Waals surface area contributed by atoms with Crippen molar-refractivity contribution < 1.29 is 14.3 Å². The first kappa shape index (κ1) is 21.7. The van der Waals surface area contributed by atoms with Gasteiger partial charge in [-0.3, -0.25) is 9.36 Å². The number of nitriles is 1. The van der Waals surface area contributed by atoms with Gasteiger partial charge >= 0.3 is 5.97 Å². The molecule has 2 aromatic carbocycles. The standard InChI is InChI=1S/C24H24N4O3/c1-16-17(2)28(19-10-6-5-7-11-19)23(21(16)14-25)26-22(29)15-31-24(30)18-9-8-12-20(13-18)27(3)4/h5-13H,15H2,1-4H3,(H,26,29). The summed E-state index contributed by atoms with van der Waals surface area (Å²) in [6.07, 6.45) is 0. The third-order valence-corrected chi connectivity index (χ3v) is 5.03. The highest BCUT2D eigenvalue weighted by molar-refractivity contribution is 5.96. The Labute approximate surface area is 181 Å². The van der Waals surface area contributed by atoms with Crippen LogP contribution in [0.4, 0.5) is 11.5 Å². The van der Waals surface area contributed by atoms with E-state index in [1.54, 1.807) is 18.2 Å². The van der Waals surface area contributed by atoms with E-state index in [1.807, 2.05) is 73.8 Å². The Balaban J connectivity index is 1.78. The van der Waals surface area contributed by atoms with Gasteiger partial charge in [0.2, 0.25) is 0 Å². The van der Waals surface area contributed by atoms with Crippen LogP contribution in [0.5, 0.6) is 0 Å². The van der Waals surface area contributed by atoms with Gasteiger partial charge in [-0.05, 0) is 49.7 Å². The first-order valence-corrected chi connectivity index (χ1v) is 9.75. The average molecular weight is 416 g/mol. The lowest BCUT2D eigenvalue weighted by Gasteiger charge is -2.14. The Morgan fingerprint density at radius 2 is 1.81 bits per heavy atom. The van der Waals surface area contributed by atoms with Gasteiger partial charge in [0.15, 0.2) is 6.61 Å². The van der Waals surface area contributed by atoms with Crippen LogP contribution in [0.25, 0.3) is 5.69 Å². The second kappa shape index (κ2) is 9.18.